The number of rotatable bonds is 0. The average molecular weight is 346 g/mol. The van der Waals surface area contributed by atoms with Crippen molar-refractivity contribution in [2.45, 2.75) is 57.5 Å². The summed E-state index contributed by atoms with van der Waals surface area (Å²) in [7, 11) is 0. The van der Waals surface area contributed by atoms with E-state index in [2.05, 4.69) is 13.5 Å². The zero-order chi connectivity index (χ0) is 17.2. The molecule has 0 radical (unpaired) electrons. The van der Waals surface area contributed by atoms with Crippen LogP contribution in [0.4, 0.5) is 0 Å². The lowest BCUT2D eigenvalue weighted by atomic mass is 9.45. The van der Waals surface area contributed by atoms with Crippen LogP contribution >= 0.6 is 0 Å². The predicted molar refractivity (Wildman–Crippen MR) is 87.2 cm³/mol. The van der Waals surface area contributed by atoms with E-state index in [-0.39, 0.29) is 46.9 Å². The van der Waals surface area contributed by atoms with E-state index in [9.17, 15) is 9.90 Å². The molecule has 9 atom stereocenters. The Balaban J connectivity index is 1.54. The summed E-state index contributed by atoms with van der Waals surface area (Å²) in [6.07, 6.45) is 3.88. The topological polar surface area (TPSA) is 65.0 Å². The lowest BCUT2D eigenvalue weighted by Crippen LogP contribution is -2.66. The zero-order valence-corrected chi connectivity index (χ0v) is 14.7. The second kappa shape index (κ2) is 4.32. The van der Waals surface area contributed by atoms with E-state index in [1.54, 1.807) is 0 Å². The van der Waals surface area contributed by atoms with Gasteiger partial charge in [0.2, 0.25) is 0 Å². The van der Waals surface area contributed by atoms with Gasteiger partial charge in [0.25, 0.3) is 0 Å². The minimum absolute atomic E-state index is 0.0727. The maximum Gasteiger partial charge on any atom is 0.315 e. The summed E-state index contributed by atoms with van der Waals surface area (Å²) in [6, 6.07) is 0. The average Bonchev–Trinajstić information content (AvgIpc) is 3.12. The number of hydrogen-bond donors (Lipinski definition) is 1. The molecule has 3 aliphatic carbocycles. The molecule has 5 heteroatoms. The summed E-state index contributed by atoms with van der Waals surface area (Å²) in [4.78, 5) is 13.0. The summed E-state index contributed by atoms with van der Waals surface area (Å²) in [5.74, 6) is 0.404. The third kappa shape index (κ3) is 1.42. The van der Waals surface area contributed by atoms with Gasteiger partial charge in [-0.25, -0.2) is 0 Å². The number of carbonyl (C=O) groups excluding carboxylic acids is 1. The summed E-state index contributed by atoms with van der Waals surface area (Å²) in [5, 5.41) is 11.1. The van der Waals surface area contributed by atoms with Gasteiger partial charge in [0.1, 0.15) is 12.0 Å². The molecule has 0 aromatic rings. The van der Waals surface area contributed by atoms with Crippen LogP contribution in [-0.4, -0.2) is 42.8 Å². The van der Waals surface area contributed by atoms with Crippen LogP contribution in [0.15, 0.2) is 12.2 Å². The van der Waals surface area contributed by atoms with Crippen molar-refractivity contribution in [3.8, 4) is 0 Å². The molecule has 136 valence electrons. The number of carbonyl (C=O) groups is 1. The maximum absolute atomic E-state index is 13.0. The number of aliphatic hydroxyl groups excluding tert-OH is 1. The highest BCUT2D eigenvalue weighted by Crippen LogP contribution is 2.73. The first-order valence-electron chi connectivity index (χ1n) is 9.74. The highest BCUT2D eigenvalue weighted by Gasteiger charge is 2.78. The summed E-state index contributed by atoms with van der Waals surface area (Å²) in [6.45, 7) is 7.58. The van der Waals surface area contributed by atoms with Gasteiger partial charge in [0.15, 0.2) is 6.29 Å². The van der Waals surface area contributed by atoms with E-state index < -0.39 is 11.5 Å². The Morgan fingerprint density at radius 3 is 2.92 bits per heavy atom. The molecule has 4 bridgehead atoms. The minimum Gasteiger partial charge on any atom is -0.464 e. The lowest BCUT2D eigenvalue weighted by Gasteiger charge is -2.59. The number of aliphatic hydroxyl groups is 1. The number of cyclic esters (lactones) is 1. The predicted octanol–water partition coefficient (Wildman–Crippen LogP) is 2.03. The van der Waals surface area contributed by atoms with Crippen LogP contribution in [0.1, 0.15) is 39.0 Å². The zero-order valence-electron chi connectivity index (χ0n) is 14.7. The molecule has 1 N–H and O–H groups in total. The van der Waals surface area contributed by atoms with Crippen LogP contribution in [0.2, 0.25) is 0 Å². The number of ether oxygens (including phenoxy) is 3. The monoisotopic (exact) mass is 346 g/mol. The standard InChI is InChI=1S/C20H26O5/c1-10-11-3-4-12-19(7-11,15(10)21)17(22)24-9-20(12)13-5-6-18(2)8-23-16(25-13)14(18)20/h11-16,21H,1,3-9H2,2H3/t11?,12-,13?,14-,15?,16+,18+,19+,20-/m1/s1. The first-order chi connectivity index (χ1) is 11.9. The normalized spacial score (nSPS) is 61.5. The van der Waals surface area contributed by atoms with E-state index >= 15 is 0 Å². The second-order valence-electron chi connectivity index (χ2n) is 9.71. The first kappa shape index (κ1) is 15.2. The van der Waals surface area contributed by atoms with Crippen LogP contribution in [0.3, 0.4) is 0 Å². The number of esters is 1. The fraction of sp³-hybridized carbons (Fsp3) is 0.850. The van der Waals surface area contributed by atoms with Crippen molar-refractivity contribution in [2.24, 2.45) is 34.0 Å². The van der Waals surface area contributed by atoms with Crippen molar-refractivity contribution in [1.29, 1.82) is 0 Å². The van der Waals surface area contributed by atoms with Crippen molar-refractivity contribution in [2.75, 3.05) is 13.2 Å². The summed E-state index contributed by atoms with van der Waals surface area (Å²) < 4.78 is 18.3. The molecule has 3 saturated heterocycles. The third-order valence-electron chi connectivity index (χ3n) is 8.91. The van der Waals surface area contributed by atoms with Crippen LogP contribution in [0.25, 0.3) is 0 Å². The minimum atomic E-state index is -0.810. The van der Waals surface area contributed by atoms with Gasteiger partial charge < -0.3 is 19.3 Å². The van der Waals surface area contributed by atoms with Gasteiger partial charge in [-0.05, 0) is 54.9 Å². The van der Waals surface area contributed by atoms with E-state index in [0.29, 0.717) is 13.0 Å². The highest BCUT2D eigenvalue weighted by molar-refractivity contribution is 5.81. The highest BCUT2D eigenvalue weighted by atomic mass is 16.7. The van der Waals surface area contributed by atoms with Gasteiger partial charge in [0, 0.05) is 11.3 Å². The van der Waals surface area contributed by atoms with Crippen LogP contribution in [-0.2, 0) is 19.0 Å². The summed E-state index contributed by atoms with van der Waals surface area (Å²) >= 11 is 0. The van der Waals surface area contributed by atoms with Gasteiger partial charge in [0.05, 0.1) is 18.8 Å². The van der Waals surface area contributed by atoms with Crippen molar-refractivity contribution < 1.29 is 24.1 Å². The number of fused-ring (bicyclic) bond motifs is 1. The molecular weight excluding hydrogens is 320 g/mol. The molecule has 6 aliphatic rings. The van der Waals surface area contributed by atoms with Gasteiger partial charge in [-0.1, -0.05) is 13.5 Å². The van der Waals surface area contributed by atoms with Crippen molar-refractivity contribution in [3.63, 3.8) is 0 Å². The molecule has 3 heterocycles. The third-order valence-corrected chi connectivity index (χ3v) is 8.91. The van der Waals surface area contributed by atoms with E-state index in [4.69, 9.17) is 14.2 Å². The Hall–Kier alpha value is -0.910. The lowest BCUT2D eigenvalue weighted by molar-refractivity contribution is -0.227. The molecule has 0 amide bonds. The SMILES string of the molecule is C=C1C2CC[C@H]3[C@]4(COC(=O)[C@]3(C2)C1O)C1CC[C@@]2(C)CO[C@@H](O1)[C@H]24. The van der Waals surface area contributed by atoms with E-state index in [0.717, 1.165) is 37.9 Å². The van der Waals surface area contributed by atoms with Crippen LogP contribution < -0.4 is 0 Å². The second-order valence-corrected chi connectivity index (χ2v) is 9.71. The maximum atomic E-state index is 13.0. The fourth-order valence-electron chi connectivity index (χ4n) is 7.91. The van der Waals surface area contributed by atoms with E-state index in [1.807, 2.05) is 0 Å². The van der Waals surface area contributed by atoms with Gasteiger partial charge in [-0.2, -0.15) is 0 Å². The van der Waals surface area contributed by atoms with Crippen molar-refractivity contribution >= 4 is 5.97 Å². The van der Waals surface area contributed by atoms with Gasteiger partial charge in [-0.15, -0.1) is 0 Å². The Morgan fingerprint density at radius 2 is 2.08 bits per heavy atom. The Labute approximate surface area is 147 Å². The largest absolute Gasteiger partial charge is 0.464 e. The molecule has 3 saturated carbocycles. The molecular formula is C20H26O5. The van der Waals surface area contributed by atoms with Crippen LogP contribution in [0.5, 0.6) is 0 Å². The quantitative estimate of drug-likeness (QED) is 0.537. The molecule has 6 fully saturated rings. The summed E-state index contributed by atoms with van der Waals surface area (Å²) in [5.41, 5.74) is -0.0974. The molecule has 5 nitrogen and oxygen atoms in total. The van der Waals surface area contributed by atoms with Gasteiger partial charge >= 0.3 is 5.97 Å². The molecule has 3 aliphatic heterocycles. The fourth-order valence-corrected chi connectivity index (χ4v) is 7.91. The Bertz CT molecular complexity index is 690. The van der Waals surface area contributed by atoms with E-state index in [1.165, 1.54) is 0 Å². The van der Waals surface area contributed by atoms with Crippen molar-refractivity contribution in [1.82, 2.24) is 0 Å². The first-order valence-corrected chi connectivity index (χ1v) is 9.74. The molecule has 3 unspecified atom stereocenters. The Kier molecular flexibility index (Phi) is 2.62. The number of hydrogen-bond acceptors (Lipinski definition) is 5. The Morgan fingerprint density at radius 1 is 1.24 bits per heavy atom. The van der Waals surface area contributed by atoms with Crippen LogP contribution in [0, 0.1) is 34.0 Å². The van der Waals surface area contributed by atoms with Crippen molar-refractivity contribution in [3.05, 3.63) is 12.2 Å². The smallest absolute Gasteiger partial charge is 0.315 e. The molecule has 2 spiro atoms. The molecule has 25 heavy (non-hydrogen) atoms. The molecule has 6 rings (SSSR count). The molecule has 0 aromatic heterocycles. The van der Waals surface area contributed by atoms with Gasteiger partial charge in [-0.3, -0.25) is 4.79 Å². The molecule has 0 aromatic carbocycles.